The first-order chi connectivity index (χ1) is 8.77. The summed E-state index contributed by atoms with van der Waals surface area (Å²) < 4.78 is 2.08. The molecular formula is C13H22ClN3S. The average molecular weight is 288 g/mol. The van der Waals surface area contributed by atoms with Crippen LogP contribution in [0.1, 0.15) is 38.4 Å². The van der Waals surface area contributed by atoms with Gasteiger partial charge in [-0.1, -0.05) is 25.4 Å². The van der Waals surface area contributed by atoms with Crippen LogP contribution in [0.2, 0.25) is 5.02 Å². The zero-order valence-electron chi connectivity index (χ0n) is 11.2. The Morgan fingerprint density at radius 3 is 3.06 bits per heavy atom. The molecule has 0 bridgehead atoms. The van der Waals surface area contributed by atoms with Crippen LogP contribution in [0.4, 0.5) is 0 Å². The molecule has 0 spiro atoms. The minimum Gasteiger partial charge on any atom is -0.309 e. The molecule has 0 aliphatic carbocycles. The van der Waals surface area contributed by atoms with E-state index in [0.717, 1.165) is 24.5 Å². The van der Waals surface area contributed by atoms with E-state index < -0.39 is 0 Å². The summed E-state index contributed by atoms with van der Waals surface area (Å²) in [7, 11) is 0. The van der Waals surface area contributed by atoms with Crippen molar-refractivity contribution in [2.24, 2.45) is 5.92 Å². The van der Waals surface area contributed by atoms with E-state index in [1.807, 2.05) is 11.8 Å². The Labute approximate surface area is 119 Å². The third kappa shape index (κ3) is 3.03. The van der Waals surface area contributed by atoms with Gasteiger partial charge in [0.2, 0.25) is 0 Å². The quantitative estimate of drug-likeness (QED) is 0.870. The van der Waals surface area contributed by atoms with E-state index >= 15 is 0 Å². The number of rotatable bonds is 6. The minimum absolute atomic E-state index is 0.353. The van der Waals surface area contributed by atoms with Gasteiger partial charge in [-0.15, -0.1) is 0 Å². The molecule has 18 heavy (non-hydrogen) atoms. The lowest BCUT2D eigenvalue weighted by Gasteiger charge is -2.25. The Kier molecular flexibility index (Phi) is 5.39. The van der Waals surface area contributed by atoms with E-state index in [-0.39, 0.29) is 0 Å². The Balaban J connectivity index is 2.25. The molecule has 0 aromatic carbocycles. The van der Waals surface area contributed by atoms with Crippen molar-refractivity contribution in [1.29, 1.82) is 0 Å². The molecule has 0 saturated carbocycles. The van der Waals surface area contributed by atoms with Crippen molar-refractivity contribution in [2.75, 3.05) is 18.1 Å². The predicted molar refractivity (Wildman–Crippen MR) is 79.4 cm³/mol. The van der Waals surface area contributed by atoms with Crippen molar-refractivity contribution >= 4 is 23.4 Å². The van der Waals surface area contributed by atoms with Crippen molar-refractivity contribution < 1.29 is 0 Å². The Morgan fingerprint density at radius 2 is 2.44 bits per heavy atom. The Bertz CT molecular complexity index is 374. The van der Waals surface area contributed by atoms with Gasteiger partial charge in [-0.2, -0.15) is 16.9 Å². The Morgan fingerprint density at radius 1 is 1.61 bits per heavy atom. The van der Waals surface area contributed by atoms with Gasteiger partial charge in [0.05, 0.1) is 23.0 Å². The standard InChI is InChI=1S/C13H22ClN3S/c1-3-6-17-13(11(14)8-16-17)12(15-4-2)10-5-7-18-9-10/h8,10,12,15H,3-7,9H2,1-2H3. The topological polar surface area (TPSA) is 29.9 Å². The first-order valence-corrected chi connectivity index (χ1v) is 8.33. The first kappa shape index (κ1) is 14.2. The maximum atomic E-state index is 6.36. The fourth-order valence-electron chi connectivity index (χ4n) is 2.59. The lowest BCUT2D eigenvalue weighted by atomic mass is 9.96. The van der Waals surface area contributed by atoms with Crippen LogP contribution >= 0.6 is 23.4 Å². The summed E-state index contributed by atoms with van der Waals surface area (Å²) in [5.41, 5.74) is 1.19. The molecular weight excluding hydrogens is 266 g/mol. The SMILES string of the molecule is CCCn1ncc(Cl)c1C(NCC)C1CCSC1. The lowest BCUT2D eigenvalue weighted by molar-refractivity contribution is 0.372. The van der Waals surface area contributed by atoms with E-state index in [9.17, 15) is 0 Å². The fraction of sp³-hybridized carbons (Fsp3) is 0.769. The minimum atomic E-state index is 0.353. The van der Waals surface area contributed by atoms with Crippen LogP contribution in [0.25, 0.3) is 0 Å². The van der Waals surface area contributed by atoms with E-state index in [2.05, 4.69) is 28.9 Å². The fourth-order valence-corrected chi connectivity index (χ4v) is 4.15. The van der Waals surface area contributed by atoms with E-state index in [1.54, 1.807) is 6.20 Å². The summed E-state index contributed by atoms with van der Waals surface area (Å²) >= 11 is 8.41. The molecule has 2 unspecified atom stereocenters. The van der Waals surface area contributed by atoms with Gasteiger partial charge in [-0.3, -0.25) is 4.68 Å². The molecule has 3 nitrogen and oxygen atoms in total. The van der Waals surface area contributed by atoms with Crippen molar-refractivity contribution in [1.82, 2.24) is 15.1 Å². The number of hydrogen-bond acceptors (Lipinski definition) is 3. The number of hydrogen-bond donors (Lipinski definition) is 1. The third-order valence-corrected chi connectivity index (χ3v) is 4.90. The predicted octanol–water partition coefficient (Wildman–Crippen LogP) is 3.35. The zero-order valence-corrected chi connectivity index (χ0v) is 12.7. The van der Waals surface area contributed by atoms with Gasteiger partial charge in [0.1, 0.15) is 0 Å². The average Bonchev–Trinajstić information content (AvgIpc) is 2.98. The van der Waals surface area contributed by atoms with Crippen LogP contribution in [-0.2, 0) is 6.54 Å². The van der Waals surface area contributed by atoms with E-state index in [4.69, 9.17) is 11.6 Å². The van der Waals surface area contributed by atoms with Crippen molar-refractivity contribution in [3.05, 3.63) is 16.9 Å². The second-order valence-corrected chi connectivity index (χ2v) is 6.32. The number of thioether (sulfide) groups is 1. The molecule has 1 aromatic heterocycles. The molecule has 5 heteroatoms. The van der Waals surface area contributed by atoms with Gasteiger partial charge in [0, 0.05) is 6.54 Å². The monoisotopic (exact) mass is 287 g/mol. The molecule has 2 atom stereocenters. The number of nitrogens with zero attached hydrogens (tertiary/aromatic N) is 2. The van der Waals surface area contributed by atoms with Crippen LogP contribution in [0, 0.1) is 5.92 Å². The number of halogens is 1. The molecule has 1 aliphatic heterocycles. The van der Waals surface area contributed by atoms with Crippen LogP contribution in [0.5, 0.6) is 0 Å². The molecule has 1 aliphatic rings. The largest absolute Gasteiger partial charge is 0.309 e. The molecule has 2 rings (SSSR count). The molecule has 102 valence electrons. The van der Waals surface area contributed by atoms with Gasteiger partial charge in [-0.25, -0.2) is 0 Å². The van der Waals surface area contributed by atoms with Gasteiger partial charge in [-0.05, 0) is 36.8 Å². The lowest BCUT2D eigenvalue weighted by Crippen LogP contribution is -2.30. The summed E-state index contributed by atoms with van der Waals surface area (Å²) in [6, 6.07) is 0.353. The molecule has 1 saturated heterocycles. The van der Waals surface area contributed by atoms with Crippen molar-refractivity contribution in [3.63, 3.8) is 0 Å². The number of aromatic nitrogens is 2. The highest BCUT2D eigenvalue weighted by atomic mass is 35.5. The molecule has 1 fully saturated rings. The molecule has 1 aromatic rings. The van der Waals surface area contributed by atoms with Crippen LogP contribution in [0.3, 0.4) is 0 Å². The summed E-state index contributed by atoms with van der Waals surface area (Å²) in [5, 5.41) is 8.84. The number of nitrogens with one attached hydrogen (secondary N) is 1. The highest BCUT2D eigenvalue weighted by Crippen LogP contribution is 2.36. The van der Waals surface area contributed by atoms with Crippen LogP contribution < -0.4 is 5.32 Å². The second kappa shape index (κ2) is 6.83. The second-order valence-electron chi connectivity index (χ2n) is 4.76. The molecule has 1 N–H and O–H groups in total. The first-order valence-electron chi connectivity index (χ1n) is 6.80. The van der Waals surface area contributed by atoms with Crippen LogP contribution in [-0.4, -0.2) is 27.8 Å². The van der Waals surface area contributed by atoms with Gasteiger partial charge in [0.25, 0.3) is 0 Å². The number of aryl methyl sites for hydroxylation is 1. The highest BCUT2D eigenvalue weighted by molar-refractivity contribution is 7.99. The summed E-state index contributed by atoms with van der Waals surface area (Å²) in [4.78, 5) is 0. The highest BCUT2D eigenvalue weighted by Gasteiger charge is 2.30. The van der Waals surface area contributed by atoms with E-state index in [0.29, 0.717) is 12.0 Å². The maximum Gasteiger partial charge on any atom is 0.0834 e. The normalized spacial score (nSPS) is 21.4. The smallest absolute Gasteiger partial charge is 0.0834 e. The third-order valence-electron chi connectivity index (χ3n) is 3.42. The summed E-state index contributed by atoms with van der Waals surface area (Å²) in [6.07, 6.45) is 4.15. The van der Waals surface area contributed by atoms with Crippen molar-refractivity contribution in [2.45, 2.75) is 39.3 Å². The van der Waals surface area contributed by atoms with Gasteiger partial charge < -0.3 is 5.32 Å². The van der Waals surface area contributed by atoms with Crippen molar-refractivity contribution in [3.8, 4) is 0 Å². The molecule has 2 heterocycles. The maximum absolute atomic E-state index is 6.36. The van der Waals surface area contributed by atoms with Gasteiger partial charge >= 0.3 is 0 Å². The van der Waals surface area contributed by atoms with Crippen LogP contribution in [0.15, 0.2) is 6.20 Å². The summed E-state index contributed by atoms with van der Waals surface area (Å²) in [6.45, 7) is 6.25. The zero-order chi connectivity index (χ0) is 13.0. The Hall–Kier alpha value is -0.190. The summed E-state index contributed by atoms with van der Waals surface area (Å²) in [5.74, 6) is 3.18. The van der Waals surface area contributed by atoms with E-state index in [1.165, 1.54) is 23.6 Å². The molecule has 0 amide bonds. The molecule has 0 radical (unpaired) electrons. The van der Waals surface area contributed by atoms with Gasteiger partial charge in [0.15, 0.2) is 0 Å².